The van der Waals surface area contributed by atoms with Crippen LogP contribution in [0.2, 0.25) is 0 Å². The predicted octanol–water partition coefficient (Wildman–Crippen LogP) is 6.07. The van der Waals surface area contributed by atoms with E-state index in [-0.39, 0.29) is 18.4 Å². The Balaban J connectivity index is 1.66. The van der Waals surface area contributed by atoms with Crippen LogP contribution in [0, 0.1) is 20.8 Å². The largest absolute Gasteiger partial charge is 0.481 e. The maximum Gasteiger partial charge on any atom is 0.341 e. The Morgan fingerprint density at radius 1 is 0.972 bits per heavy atom. The van der Waals surface area contributed by atoms with E-state index in [4.69, 9.17) is 9.47 Å². The fourth-order valence-electron chi connectivity index (χ4n) is 3.71. The molecule has 0 spiro atoms. The Hall–Kier alpha value is -3.65. The lowest BCUT2D eigenvalue weighted by Crippen LogP contribution is -2.30. The highest BCUT2D eigenvalue weighted by atomic mass is 32.1. The molecule has 1 aromatic heterocycles. The molecular formula is C28H32N2O5S. The first kappa shape index (κ1) is 26.9. The van der Waals surface area contributed by atoms with E-state index < -0.39 is 12.1 Å². The van der Waals surface area contributed by atoms with E-state index in [9.17, 15) is 14.4 Å². The van der Waals surface area contributed by atoms with Crippen molar-refractivity contribution in [2.24, 2.45) is 0 Å². The number of esters is 1. The molecule has 0 aliphatic heterocycles. The van der Waals surface area contributed by atoms with Gasteiger partial charge in [-0.1, -0.05) is 25.1 Å². The SMILES string of the molecule is CCOC(=O)c1c(NC(=O)c2ccc(O[C@H](C)C(=O)Nc3c(C)cccc3CC)cc2)sc(C)c1C. The lowest BCUT2D eigenvalue weighted by Gasteiger charge is -2.18. The van der Waals surface area contributed by atoms with Crippen LogP contribution in [0.1, 0.15) is 63.1 Å². The van der Waals surface area contributed by atoms with Crippen molar-refractivity contribution in [1.82, 2.24) is 0 Å². The monoisotopic (exact) mass is 508 g/mol. The number of carbonyl (C=O) groups excluding carboxylic acids is 3. The molecule has 8 heteroatoms. The number of rotatable bonds is 9. The summed E-state index contributed by atoms with van der Waals surface area (Å²) < 4.78 is 11.0. The number of carbonyl (C=O) groups is 3. The molecular weight excluding hydrogens is 476 g/mol. The molecule has 0 saturated carbocycles. The minimum Gasteiger partial charge on any atom is -0.481 e. The van der Waals surface area contributed by atoms with Crippen molar-refractivity contribution >= 4 is 39.8 Å². The van der Waals surface area contributed by atoms with Crippen LogP contribution in [-0.2, 0) is 16.0 Å². The standard InChI is InChI=1S/C28H32N2O5S/c1-7-20-11-9-10-16(3)24(20)29-25(31)18(5)35-22-14-12-21(13-15-22)26(32)30-27-23(28(33)34-8-2)17(4)19(6)36-27/h9-15,18H,7-8H2,1-6H3,(H,29,31)(H,30,32)/t18-/m1/s1. The summed E-state index contributed by atoms with van der Waals surface area (Å²) in [4.78, 5) is 38.9. The number of hydrogen-bond donors (Lipinski definition) is 2. The minimum atomic E-state index is -0.738. The summed E-state index contributed by atoms with van der Waals surface area (Å²) in [6, 6.07) is 12.4. The van der Waals surface area contributed by atoms with Gasteiger partial charge in [-0.25, -0.2) is 4.79 Å². The maximum absolute atomic E-state index is 12.8. The summed E-state index contributed by atoms with van der Waals surface area (Å²) in [5.74, 6) is -0.603. The van der Waals surface area contributed by atoms with E-state index in [0.717, 1.165) is 33.7 Å². The van der Waals surface area contributed by atoms with Gasteiger partial charge in [0.1, 0.15) is 10.8 Å². The zero-order chi connectivity index (χ0) is 26.4. The smallest absolute Gasteiger partial charge is 0.341 e. The molecule has 0 fully saturated rings. The van der Waals surface area contributed by atoms with Crippen LogP contribution in [0.25, 0.3) is 0 Å². The van der Waals surface area contributed by atoms with Crippen LogP contribution in [-0.4, -0.2) is 30.5 Å². The zero-order valence-electron chi connectivity index (χ0n) is 21.5. The summed E-state index contributed by atoms with van der Waals surface area (Å²) in [7, 11) is 0. The van der Waals surface area contributed by atoms with Crippen molar-refractivity contribution in [2.45, 2.75) is 54.1 Å². The number of aryl methyl sites for hydroxylation is 3. The Labute approximate surface area is 215 Å². The first-order valence-corrected chi connectivity index (χ1v) is 12.7. The molecule has 36 heavy (non-hydrogen) atoms. The van der Waals surface area contributed by atoms with E-state index >= 15 is 0 Å². The highest BCUT2D eigenvalue weighted by molar-refractivity contribution is 7.16. The third-order valence-electron chi connectivity index (χ3n) is 5.88. The summed E-state index contributed by atoms with van der Waals surface area (Å²) >= 11 is 1.34. The van der Waals surface area contributed by atoms with Gasteiger partial charge in [0.05, 0.1) is 12.2 Å². The molecule has 190 valence electrons. The normalized spacial score (nSPS) is 11.5. The molecule has 0 bridgehead atoms. The van der Waals surface area contributed by atoms with Gasteiger partial charge < -0.3 is 20.1 Å². The summed E-state index contributed by atoms with van der Waals surface area (Å²) in [5.41, 5.74) is 4.44. The Bertz CT molecular complexity index is 1260. The third-order valence-corrected chi connectivity index (χ3v) is 7.00. The molecule has 0 unspecified atom stereocenters. The molecule has 0 aliphatic rings. The minimum absolute atomic E-state index is 0.253. The number of benzene rings is 2. The van der Waals surface area contributed by atoms with Crippen LogP contribution in [0.3, 0.4) is 0 Å². The summed E-state index contributed by atoms with van der Waals surface area (Å²) in [5, 5.41) is 6.26. The van der Waals surface area contributed by atoms with E-state index in [2.05, 4.69) is 10.6 Å². The van der Waals surface area contributed by atoms with E-state index in [0.29, 0.717) is 21.9 Å². The number of para-hydroxylation sites is 1. The van der Waals surface area contributed by atoms with Gasteiger partial charge in [0, 0.05) is 16.1 Å². The predicted molar refractivity (Wildman–Crippen MR) is 143 cm³/mol. The molecule has 3 rings (SSSR count). The molecule has 2 aromatic carbocycles. The fraction of sp³-hybridized carbons (Fsp3) is 0.321. The van der Waals surface area contributed by atoms with E-state index in [1.165, 1.54) is 11.3 Å². The van der Waals surface area contributed by atoms with Crippen molar-refractivity contribution in [2.75, 3.05) is 17.2 Å². The second-order valence-corrected chi connectivity index (χ2v) is 9.62. The number of hydrogen-bond acceptors (Lipinski definition) is 6. The first-order valence-electron chi connectivity index (χ1n) is 11.9. The van der Waals surface area contributed by atoms with Gasteiger partial charge in [-0.15, -0.1) is 11.3 Å². The molecule has 0 saturated heterocycles. The number of ether oxygens (including phenoxy) is 2. The average molecular weight is 509 g/mol. The summed E-state index contributed by atoms with van der Waals surface area (Å²) in [6.45, 7) is 11.4. The topological polar surface area (TPSA) is 93.7 Å². The van der Waals surface area contributed by atoms with Crippen LogP contribution in [0.5, 0.6) is 5.75 Å². The second kappa shape index (κ2) is 11.9. The highest BCUT2D eigenvalue weighted by Crippen LogP contribution is 2.33. The summed E-state index contributed by atoms with van der Waals surface area (Å²) in [6.07, 6.45) is 0.0697. The van der Waals surface area contributed by atoms with Crippen LogP contribution in [0.4, 0.5) is 10.7 Å². The van der Waals surface area contributed by atoms with E-state index in [1.54, 1.807) is 38.1 Å². The second-order valence-electron chi connectivity index (χ2n) is 8.40. The molecule has 7 nitrogen and oxygen atoms in total. The quantitative estimate of drug-likeness (QED) is 0.342. The Morgan fingerprint density at radius 3 is 2.31 bits per heavy atom. The van der Waals surface area contributed by atoms with Crippen molar-refractivity contribution in [3.05, 3.63) is 75.2 Å². The molecule has 2 N–H and O–H groups in total. The van der Waals surface area contributed by atoms with Crippen LogP contribution in [0.15, 0.2) is 42.5 Å². The lowest BCUT2D eigenvalue weighted by molar-refractivity contribution is -0.122. The average Bonchev–Trinajstić information content (AvgIpc) is 3.13. The fourth-order valence-corrected chi connectivity index (χ4v) is 4.75. The van der Waals surface area contributed by atoms with Gasteiger partial charge in [-0.3, -0.25) is 9.59 Å². The van der Waals surface area contributed by atoms with Gasteiger partial charge >= 0.3 is 5.97 Å². The van der Waals surface area contributed by atoms with E-state index in [1.807, 2.05) is 45.9 Å². The van der Waals surface area contributed by atoms with Gasteiger partial charge in [-0.2, -0.15) is 0 Å². The van der Waals surface area contributed by atoms with Gasteiger partial charge in [0.2, 0.25) is 0 Å². The number of thiophene rings is 1. The Morgan fingerprint density at radius 2 is 1.67 bits per heavy atom. The van der Waals surface area contributed by atoms with Crippen LogP contribution < -0.4 is 15.4 Å². The Kier molecular flexibility index (Phi) is 8.88. The molecule has 1 heterocycles. The van der Waals surface area contributed by atoms with Crippen molar-refractivity contribution in [3.8, 4) is 5.75 Å². The number of amides is 2. The maximum atomic E-state index is 12.8. The van der Waals surface area contributed by atoms with Crippen molar-refractivity contribution < 1.29 is 23.9 Å². The number of nitrogens with one attached hydrogen (secondary N) is 2. The molecule has 0 radical (unpaired) electrons. The molecule has 3 aromatic rings. The zero-order valence-corrected chi connectivity index (χ0v) is 22.3. The highest BCUT2D eigenvalue weighted by Gasteiger charge is 2.23. The first-order chi connectivity index (χ1) is 17.2. The van der Waals surface area contributed by atoms with Gasteiger partial charge in [0.15, 0.2) is 6.10 Å². The van der Waals surface area contributed by atoms with Crippen molar-refractivity contribution in [3.63, 3.8) is 0 Å². The van der Waals surface area contributed by atoms with Crippen molar-refractivity contribution in [1.29, 1.82) is 0 Å². The molecule has 0 aliphatic carbocycles. The van der Waals surface area contributed by atoms with Crippen LogP contribution >= 0.6 is 11.3 Å². The number of anilines is 2. The molecule has 1 atom stereocenters. The third kappa shape index (κ3) is 6.12. The van der Waals surface area contributed by atoms with Gasteiger partial charge in [0.25, 0.3) is 11.8 Å². The molecule has 2 amide bonds. The van der Waals surface area contributed by atoms with Gasteiger partial charge in [-0.05, 0) is 82.0 Å². The lowest BCUT2D eigenvalue weighted by atomic mass is 10.1.